The molecule has 0 saturated carbocycles. The molecule has 0 radical (unpaired) electrons. The molecule has 4 nitrogen and oxygen atoms in total. The van der Waals surface area contributed by atoms with Gasteiger partial charge in [0, 0.05) is 21.9 Å². The van der Waals surface area contributed by atoms with Crippen LogP contribution in [0.5, 0.6) is 0 Å². The molecule has 0 atom stereocenters. The van der Waals surface area contributed by atoms with Crippen molar-refractivity contribution in [2.24, 2.45) is 0 Å². The van der Waals surface area contributed by atoms with Crippen LogP contribution < -0.4 is 5.73 Å². The zero-order valence-electron chi connectivity index (χ0n) is 12.3. The Morgan fingerprint density at radius 3 is 2.19 bits per heavy atom. The minimum absolute atomic E-state index is 0.0138. The molecule has 0 spiro atoms. The first-order valence-electron chi connectivity index (χ1n) is 6.60. The molecule has 0 aliphatic carbocycles. The van der Waals surface area contributed by atoms with Crippen LogP contribution in [0.25, 0.3) is 0 Å². The van der Waals surface area contributed by atoms with Crippen LogP contribution in [0.3, 0.4) is 0 Å². The SMILES string of the molecule is CC(C)(C)c1ccc(Sc2ccc([N+](=O)[O-])cc2N)cc1. The van der Waals surface area contributed by atoms with Gasteiger partial charge < -0.3 is 5.73 Å². The van der Waals surface area contributed by atoms with Crippen LogP contribution in [0.15, 0.2) is 52.3 Å². The molecule has 0 bridgehead atoms. The van der Waals surface area contributed by atoms with Gasteiger partial charge in [0.1, 0.15) is 0 Å². The molecule has 110 valence electrons. The van der Waals surface area contributed by atoms with Crippen molar-refractivity contribution in [3.05, 3.63) is 58.1 Å². The molecule has 2 aromatic carbocycles. The Balaban J connectivity index is 2.20. The number of benzene rings is 2. The zero-order valence-corrected chi connectivity index (χ0v) is 13.1. The fourth-order valence-corrected chi connectivity index (χ4v) is 2.73. The molecule has 0 aliphatic heterocycles. The summed E-state index contributed by atoms with van der Waals surface area (Å²) >= 11 is 1.51. The van der Waals surface area contributed by atoms with E-state index in [9.17, 15) is 10.1 Å². The van der Waals surface area contributed by atoms with Crippen molar-refractivity contribution in [1.29, 1.82) is 0 Å². The van der Waals surface area contributed by atoms with Crippen LogP contribution in [-0.4, -0.2) is 4.92 Å². The van der Waals surface area contributed by atoms with E-state index in [1.807, 2.05) is 12.1 Å². The molecule has 2 N–H and O–H groups in total. The molecule has 0 aliphatic rings. The number of nitro benzene ring substituents is 1. The lowest BCUT2D eigenvalue weighted by molar-refractivity contribution is -0.384. The van der Waals surface area contributed by atoms with Gasteiger partial charge in [0.15, 0.2) is 0 Å². The highest BCUT2D eigenvalue weighted by Crippen LogP contribution is 2.35. The van der Waals surface area contributed by atoms with E-state index in [1.54, 1.807) is 6.07 Å². The van der Waals surface area contributed by atoms with Crippen molar-refractivity contribution in [3.8, 4) is 0 Å². The maximum absolute atomic E-state index is 10.7. The van der Waals surface area contributed by atoms with Crippen molar-refractivity contribution in [2.45, 2.75) is 36.0 Å². The van der Waals surface area contributed by atoms with Gasteiger partial charge in [-0.2, -0.15) is 0 Å². The van der Waals surface area contributed by atoms with Crippen molar-refractivity contribution in [2.75, 3.05) is 5.73 Å². The van der Waals surface area contributed by atoms with Crippen molar-refractivity contribution in [1.82, 2.24) is 0 Å². The predicted octanol–water partition coefficient (Wildman–Crippen LogP) is 4.63. The maximum Gasteiger partial charge on any atom is 0.271 e. The fraction of sp³-hybridized carbons (Fsp3) is 0.250. The number of nitrogens with two attached hydrogens (primary N) is 1. The van der Waals surface area contributed by atoms with Crippen LogP contribution in [0.4, 0.5) is 11.4 Å². The van der Waals surface area contributed by atoms with Crippen LogP contribution >= 0.6 is 11.8 Å². The van der Waals surface area contributed by atoms with E-state index in [4.69, 9.17) is 5.73 Å². The van der Waals surface area contributed by atoms with Gasteiger partial charge in [-0.05, 0) is 29.2 Å². The first kappa shape index (κ1) is 15.4. The molecule has 2 aromatic rings. The lowest BCUT2D eigenvalue weighted by Gasteiger charge is -2.19. The van der Waals surface area contributed by atoms with E-state index in [1.165, 1.54) is 29.5 Å². The number of rotatable bonds is 3. The summed E-state index contributed by atoms with van der Waals surface area (Å²) in [6.45, 7) is 6.51. The van der Waals surface area contributed by atoms with Gasteiger partial charge in [-0.15, -0.1) is 0 Å². The van der Waals surface area contributed by atoms with Crippen LogP contribution in [0, 0.1) is 10.1 Å². The Labute approximate surface area is 128 Å². The van der Waals surface area contributed by atoms with Gasteiger partial charge in [-0.1, -0.05) is 44.7 Å². The van der Waals surface area contributed by atoms with Crippen molar-refractivity contribution < 1.29 is 4.92 Å². The van der Waals surface area contributed by atoms with Crippen LogP contribution in [0.1, 0.15) is 26.3 Å². The van der Waals surface area contributed by atoms with E-state index in [0.717, 1.165) is 9.79 Å². The molecule has 0 heterocycles. The average Bonchev–Trinajstić information content (AvgIpc) is 2.40. The Morgan fingerprint density at radius 1 is 1.10 bits per heavy atom. The molecule has 0 unspecified atom stereocenters. The summed E-state index contributed by atoms with van der Waals surface area (Å²) in [6, 6.07) is 12.9. The summed E-state index contributed by atoms with van der Waals surface area (Å²) in [6.07, 6.45) is 0. The molecule has 0 amide bonds. The standard InChI is InChI=1S/C16H18N2O2S/c1-16(2,3)11-4-7-13(8-5-11)21-15-9-6-12(18(19)20)10-14(15)17/h4-10H,17H2,1-3H3. The molecule has 21 heavy (non-hydrogen) atoms. The molecule has 5 heteroatoms. The number of nitrogens with zero attached hydrogens (tertiary/aromatic N) is 1. The quantitative estimate of drug-likeness (QED) is 0.510. The lowest BCUT2D eigenvalue weighted by Crippen LogP contribution is -2.10. The summed E-state index contributed by atoms with van der Waals surface area (Å²) in [5, 5.41) is 10.7. The minimum Gasteiger partial charge on any atom is -0.398 e. The number of non-ortho nitro benzene ring substituents is 1. The second kappa shape index (κ2) is 5.77. The summed E-state index contributed by atoms with van der Waals surface area (Å²) < 4.78 is 0. The fourth-order valence-electron chi connectivity index (χ4n) is 1.89. The van der Waals surface area contributed by atoms with Gasteiger partial charge in [0.25, 0.3) is 5.69 Å². The van der Waals surface area contributed by atoms with Crippen molar-refractivity contribution >= 4 is 23.1 Å². The highest BCUT2D eigenvalue weighted by atomic mass is 32.2. The Morgan fingerprint density at radius 2 is 1.71 bits per heavy atom. The number of hydrogen-bond acceptors (Lipinski definition) is 4. The van der Waals surface area contributed by atoms with E-state index >= 15 is 0 Å². The third-order valence-corrected chi connectivity index (χ3v) is 4.25. The Hall–Kier alpha value is -2.01. The number of nitro groups is 1. The summed E-state index contributed by atoms with van der Waals surface area (Å²) in [4.78, 5) is 12.1. The predicted molar refractivity (Wildman–Crippen MR) is 86.8 cm³/mol. The minimum atomic E-state index is -0.442. The summed E-state index contributed by atoms with van der Waals surface area (Å²) in [5.74, 6) is 0. The highest BCUT2D eigenvalue weighted by Gasteiger charge is 2.14. The first-order chi connectivity index (χ1) is 9.77. The smallest absolute Gasteiger partial charge is 0.271 e. The Kier molecular flexibility index (Phi) is 4.23. The second-order valence-electron chi connectivity index (χ2n) is 5.86. The van der Waals surface area contributed by atoms with Gasteiger partial charge in [0.2, 0.25) is 0 Å². The molecule has 0 saturated heterocycles. The maximum atomic E-state index is 10.7. The Bertz CT molecular complexity index is 661. The van der Waals surface area contributed by atoms with E-state index in [-0.39, 0.29) is 11.1 Å². The number of hydrogen-bond donors (Lipinski definition) is 1. The number of nitrogen functional groups attached to an aromatic ring is 1. The van der Waals surface area contributed by atoms with Crippen LogP contribution in [0.2, 0.25) is 0 Å². The monoisotopic (exact) mass is 302 g/mol. The largest absolute Gasteiger partial charge is 0.398 e. The molecular formula is C16H18N2O2S. The van der Waals surface area contributed by atoms with E-state index in [0.29, 0.717) is 5.69 Å². The van der Waals surface area contributed by atoms with Gasteiger partial charge in [-0.3, -0.25) is 10.1 Å². The first-order valence-corrected chi connectivity index (χ1v) is 7.41. The molecule has 0 aromatic heterocycles. The molecule has 0 fully saturated rings. The third-order valence-electron chi connectivity index (χ3n) is 3.15. The number of anilines is 1. The van der Waals surface area contributed by atoms with Crippen LogP contribution in [-0.2, 0) is 5.41 Å². The third kappa shape index (κ3) is 3.76. The lowest BCUT2D eigenvalue weighted by atomic mass is 9.87. The zero-order chi connectivity index (χ0) is 15.6. The van der Waals surface area contributed by atoms with E-state index < -0.39 is 4.92 Å². The van der Waals surface area contributed by atoms with Gasteiger partial charge >= 0.3 is 0 Å². The van der Waals surface area contributed by atoms with Gasteiger partial charge in [0.05, 0.1) is 10.6 Å². The molecular weight excluding hydrogens is 284 g/mol. The summed E-state index contributed by atoms with van der Waals surface area (Å²) in [5.41, 5.74) is 7.71. The normalized spacial score (nSPS) is 11.4. The van der Waals surface area contributed by atoms with Crippen molar-refractivity contribution in [3.63, 3.8) is 0 Å². The van der Waals surface area contributed by atoms with Gasteiger partial charge in [-0.25, -0.2) is 0 Å². The topological polar surface area (TPSA) is 69.2 Å². The van der Waals surface area contributed by atoms with E-state index in [2.05, 4.69) is 32.9 Å². The second-order valence-corrected chi connectivity index (χ2v) is 6.97. The average molecular weight is 302 g/mol. The molecule has 2 rings (SSSR count). The summed E-state index contributed by atoms with van der Waals surface area (Å²) in [7, 11) is 0. The highest BCUT2D eigenvalue weighted by molar-refractivity contribution is 7.99.